The number of ether oxygens (including phenoxy) is 1. The van der Waals surface area contributed by atoms with Crippen molar-refractivity contribution in [3.63, 3.8) is 0 Å². The molecule has 240 valence electrons. The SMILES string of the molecule is CC(C)(C)c1ccnc(-n2c3cc(Oc4cc(-c5ccccc5)cc(-c5cc6ccccc6nn5)c4)ccc3c3cc4ccccc4cc32)c1. The van der Waals surface area contributed by atoms with E-state index in [4.69, 9.17) is 9.72 Å². The van der Waals surface area contributed by atoms with Crippen molar-refractivity contribution in [2.75, 3.05) is 0 Å². The van der Waals surface area contributed by atoms with Gasteiger partial charge in [-0.25, -0.2) is 4.98 Å². The number of benzene rings is 6. The fourth-order valence-corrected chi connectivity index (χ4v) is 6.87. The summed E-state index contributed by atoms with van der Waals surface area (Å²) in [5, 5.41) is 14.9. The molecule has 5 nitrogen and oxygen atoms in total. The summed E-state index contributed by atoms with van der Waals surface area (Å²) < 4.78 is 9.03. The molecule has 0 saturated heterocycles. The Balaban J connectivity index is 1.22. The summed E-state index contributed by atoms with van der Waals surface area (Å²) in [4.78, 5) is 4.91. The van der Waals surface area contributed by atoms with Crippen LogP contribution in [0.2, 0.25) is 0 Å². The van der Waals surface area contributed by atoms with Gasteiger partial charge in [-0.3, -0.25) is 4.57 Å². The number of aromatic nitrogens is 4. The summed E-state index contributed by atoms with van der Waals surface area (Å²) in [6, 6.07) is 50.6. The standard InChI is InChI=1S/C45H34N4O/c1-45(2,3)35-19-20-46-44(27-35)49-42-26-31-14-8-7-13-30(31)24-39(42)38-18-17-36(28-43(38)49)50-37-22-33(29-11-5-4-6-12-29)21-34(23-37)41-25-32-15-9-10-16-40(32)47-48-41/h4-28H,1-3H3. The van der Waals surface area contributed by atoms with Crippen molar-refractivity contribution in [1.82, 2.24) is 19.7 Å². The van der Waals surface area contributed by atoms with E-state index in [1.807, 2.05) is 36.5 Å². The highest BCUT2D eigenvalue weighted by Crippen LogP contribution is 2.39. The van der Waals surface area contributed by atoms with Gasteiger partial charge in [0.25, 0.3) is 0 Å². The number of hydrogen-bond acceptors (Lipinski definition) is 4. The molecule has 6 aromatic carbocycles. The maximum atomic E-state index is 6.76. The molecule has 0 unspecified atom stereocenters. The maximum Gasteiger partial charge on any atom is 0.137 e. The Morgan fingerprint density at radius 3 is 2.06 bits per heavy atom. The first-order valence-corrected chi connectivity index (χ1v) is 16.9. The normalized spacial score (nSPS) is 11.9. The number of nitrogens with zero attached hydrogens (tertiary/aromatic N) is 4. The molecule has 0 N–H and O–H groups in total. The van der Waals surface area contributed by atoms with Crippen LogP contribution in [0, 0.1) is 0 Å². The zero-order chi connectivity index (χ0) is 33.8. The molecule has 0 spiro atoms. The first-order valence-electron chi connectivity index (χ1n) is 16.9. The minimum atomic E-state index is -0.0195. The van der Waals surface area contributed by atoms with Crippen molar-refractivity contribution in [2.45, 2.75) is 26.2 Å². The Morgan fingerprint density at radius 2 is 1.24 bits per heavy atom. The fourth-order valence-electron chi connectivity index (χ4n) is 6.87. The van der Waals surface area contributed by atoms with Crippen LogP contribution >= 0.6 is 0 Å². The number of pyridine rings is 1. The second-order valence-electron chi connectivity index (χ2n) is 13.9. The van der Waals surface area contributed by atoms with Gasteiger partial charge in [-0.2, -0.15) is 0 Å². The van der Waals surface area contributed by atoms with Gasteiger partial charge in [-0.1, -0.05) is 93.6 Å². The van der Waals surface area contributed by atoms with Gasteiger partial charge >= 0.3 is 0 Å². The zero-order valence-corrected chi connectivity index (χ0v) is 28.1. The van der Waals surface area contributed by atoms with E-state index in [0.29, 0.717) is 0 Å². The number of fused-ring (bicyclic) bond motifs is 5. The molecule has 5 heteroatoms. The van der Waals surface area contributed by atoms with E-state index in [9.17, 15) is 0 Å². The van der Waals surface area contributed by atoms with Gasteiger partial charge < -0.3 is 4.74 Å². The second kappa shape index (κ2) is 11.7. The van der Waals surface area contributed by atoms with Crippen molar-refractivity contribution in [1.29, 1.82) is 0 Å². The first kappa shape index (κ1) is 29.8. The van der Waals surface area contributed by atoms with Crippen molar-refractivity contribution in [3.05, 3.63) is 157 Å². The fraction of sp³-hybridized carbons (Fsp3) is 0.0889. The van der Waals surface area contributed by atoms with Gasteiger partial charge in [-0.05, 0) is 99.6 Å². The van der Waals surface area contributed by atoms with Crippen molar-refractivity contribution in [2.24, 2.45) is 0 Å². The first-order chi connectivity index (χ1) is 24.4. The van der Waals surface area contributed by atoms with E-state index in [0.717, 1.165) is 67.0 Å². The average Bonchev–Trinajstić information content (AvgIpc) is 3.45. The Kier molecular flexibility index (Phi) is 6.95. The Morgan fingerprint density at radius 1 is 0.520 bits per heavy atom. The summed E-state index contributed by atoms with van der Waals surface area (Å²) in [5.74, 6) is 2.34. The topological polar surface area (TPSA) is 52.8 Å². The van der Waals surface area contributed by atoms with Crippen LogP contribution < -0.4 is 4.74 Å². The van der Waals surface area contributed by atoms with Crippen molar-refractivity contribution >= 4 is 43.5 Å². The van der Waals surface area contributed by atoms with Crippen LogP contribution in [0.3, 0.4) is 0 Å². The highest BCUT2D eigenvalue weighted by atomic mass is 16.5. The van der Waals surface area contributed by atoms with E-state index >= 15 is 0 Å². The predicted octanol–water partition coefficient (Wildman–Crippen LogP) is 11.7. The summed E-state index contributed by atoms with van der Waals surface area (Å²) in [5.41, 5.74) is 8.08. The van der Waals surface area contributed by atoms with Gasteiger partial charge in [0.15, 0.2) is 0 Å². The lowest BCUT2D eigenvalue weighted by atomic mass is 9.88. The number of hydrogen-bond donors (Lipinski definition) is 0. The molecule has 0 fully saturated rings. The van der Waals surface area contributed by atoms with Crippen LogP contribution in [0.1, 0.15) is 26.3 Å². The molecule has 0 aliphatic rings. The van der Waals surface area contributed by atoms with Crippen LogP contribution in [0.15, 0.2) is 152 Å². The molecule has 0 aliphatic carbocycles. The Labute approximate surface area is 290 Å². The molecule has 9 aromatic rings. The lowest BCUT2D eigenvalue weighted by Crippen LogP contribution is -2.12. The van der Waals surface area contributed by atoms with Crippen molar-refractivity contribution < 1.29 is 4.74 Å². The quantitative estimate of drug-likeness (QED) is 0.187. The van der Waals surface area contributed by atoms with Crippen molar-refractivity contribution in [3.8, 4) is 39.7 Å². The smallest absolute Gasteiger partial charge is 0.137 e. The second-order valence-corrected chi connectivity index (χ2v) is 13.9. The summed E-state index contributed by atoms with van der Waals surface area (Å²) >= 11 is 0. The summed E-state index contributed by atoms with van der Waals surface area (Å²) in [6.07, 6.45) is 1.92. The minimum absolute atomic E-state index is 0.0195. The van der Waals surface area contributed by atoms with Crippen LogP contribution in [0.5, 0.6) is 11.5 Å². The largest absolute Gasteiger partial charge is 0.457 e. The highest BCUT2D eigenvalue weighted by Gasteiger charge is 2.19. The molecule has 0 radical (unpaired) electrons. The zero-order valence-electron chi connectivity index (χ0n) is 28.1. The summed E-state index contributed by atoms with van der Waals surface area (Å²) in [6.45, 7) is 6.70. The lowest BCUT2D eigenvalue weighted by molar-refractivity contribution is 0.483. The van der Waals surface area contributed by atoms with Gasteiger partial charge in [0.1, 0.15) is 17.3 Å². The molecule has 0 atom stereocenters. The van der Waals surface area contributed by atoms with E-state index in [1.165, 1.54) is 21.7 Å². The van der Waals surface area contributed by atoms with E-state index in [2.05, 4.69) is 151 Å². The average molecular weight is 647 g/mol. The molecule has 0 saturated carbocycles. The number of rotatable bonds is 5. The lowest BCUT2D eigenvalue weighted by Gasteiger charge is -2.20. The van der Waals surface area contributed by atoms with Gasteiger partial charge in [0, 0.05) is 34.0 Å². The third-order valence-corrected chi connectivity index (χ3v) is 9.49. The van der Waals surface area contributed by atoms with E-state index in [1.54, 1.807) is 0 Å². The van der Waals surface area contributed by atoms with Crippen LogP contribution in [-0.4, -0.2) is 19.7 Å². The molecular weight excluding hydrogens is 613 g/mol. The third kappa shape index (κ3) is 5.33. The van der Waals surface area contributed by atoms with Gasteiger partial charge in [0.05, 0.1) is 22.2 Å². The minimum Gasteiger partial charge on any atom is -0.457 e. The van der Waals surface area contributed by atoms with Gasteiger partial charge in [0.2, 0.25) is 0 Å². The van der Waals surface area contributed by atoms with Crippen LogP contribution in [0.25, 0.3) is 71.7 Å². The molecule has 3 heterocycles. The predicted molar refractivity (Wildman–Crippen MR) is 205 cm³/mol. The highest BCUT2D eigenvalue weighted by molar-refractivity contribution is 6.13. The molecule has 0 amide bonds. The monoisotopic (exact) mass is 646 g/mol. The van der Waals surface area contributed by atoms with Crippen LogP contribution in [0.4, 0.5) is 0 Å². The summed E-state index contributed by atoms with van der Waals surface area (Å²) in [7, 11) is 0. The van der Waals surface area contributed by atoms with E-state index < -0.39 is 0 Å². The molecule has 9 rings (SSSR count). The molecule has 3 aromatic heterocycles. The maximum absolute atomic E-state index is 6.76. The Hall–Kier alpha value is -6.33. The molecule has 0 aliphatic heterocycles. The van der Waals surface area contributed by atoms with E-state index in [-0.39, 0.29) is 5.41 Å². The van der Waals surface area contributed by atoms with Crippen LogP contribution in [-0.2, 0) is 5.41 Å². The van der Waals surface area contributed by atoms with Gasteiger partial charge in [-0.15, -0.1) is 10.2 Å². The molecular formula is C45H34N4O. The third-order valence-electron chi connectivity index (χ3n) is 9.49. The molecule has 0 bridgehead atoms. The molecule has 50 heavy (non-hydrogen) atoms. The Bertz CT molecular complexity index is 2720.